The van der Waals surface area contributed by atoms with Gasteiger partial charge in [-0.15, -0.1) is 0 Å². The van der Waals surface area contributed by atoms with E-state index in [0.717, 1.165) is 12.1 Å². The molecule has 0 aliphatic carbocycles. The summed E-state index contributed by atoms with van der Waals surface area (Å²) in [5.41, 5.74) is 0.920. The second-order valence-corrected chi connectivity index (χ2v) is 6.12. The molecule has 2 aromatic carbocycles. The van der Waals surface area contributed by atoms with Crippen LogP contribution in [-0.2, 0) is 4.74 Å². The highest BCUT2D eigenvalue weighted by Crippen LogP contribution is 2.32. The highest BCUT2D eigenvalue weighted by Gasteiger charge is 2.28. The normalized spacial score (nSPS) is 19.3. The van der Waals surface area contributed by atoms with E-state index < -0.39 is 5.82 Å². The van der Waals surface area contributed by atoms with Gasteiger partial charge >= 0.3 is 0 Å². The Hall–Kier alpha value is -1.33. The van der Waals surface area contributed by atoms with Crippen LogP contribution in [0.4, 0.5) is 4.39 Å². The zero-order valence-corrected chi connectivity index (χ0v) is 13.8. The van der Waals surface area contributed by atoms with Crippen molar-refractivity contribution in [1.29, 1.82) is 0 Å². The SMILES string of the molecule is Fc1ccc(OC(c2ccc(Cl)cc2)[C@@H]2CNCCO2)c(Cl)c1. The zero-order chi connectivity index (χ0) is 16.2. The number of hydrogen-bond donors (Lipinski definition) is 1. The molecule has 1 aliphatic heterocycles. The summed E-state index contributed by atoms with van der Waals surface area (Å²) in [7, 11) is 0. The molecule has 0 amide bonds. The van der Waals surface area contributed by atoms with Crippen LogP contribution >= 0.6 is 23.2 Å². The van der Waals surface area contributed by atoms with E-state index in [2.05, 4.69) is 5.32 Å². The number of rotatable bonds is 4. The van der Waals surface area contributed by atoms with Gasteiger partial charge in [0.1, 0.15) is 17.7 Å². The molecule has 1 saturated heterocycles. The molecule has 3 nitrogen and oxygen atoms in total. The molecule has 1 N–H and O–H groups in total. The van der Waals surface area contributed by atoms with Crippen LogP contribution in [0.2, 0.25) is 10.0 Å². The Morgan fingerprint density at radius 1 is 1.17 bits per heavy atom. The third-order valence-electron chi connectivity index (χ3n) is 3.64. The van der Waals surface area contributed by atoms with Gasteiger partial charge in [0.25, 0.3) is 0 Å². The van der Waals surface area contributed by atoms with Crippen LogP contribution in [0.1, 0.15) is 11.7 Å². The number of hydrogen-bond acceptors (Lipinski definition) is 3. The van der Waals surface area contributed by atoms with Crippen molar-refractivity contribution in [1.82, 2.24) is 5.32 Å². The van der Waals surface area contributed by atoms with Gasteiger partial charge in [0.2, 0.25) is 0 Å². The van der Waals surface area contributed by atoms with Crippen LogP contribution in [0.3, 0.4) is 0 Å². The van der Waals surface area contributed by atoms with E-state index in [1.165, 1.54) is 18.2 Å². The molecular weight excluding hydrogens is 340 g/mol. The molecule has 1 aliphatic rings. The predicted octanol–water partition coefficient (Wildman–Crippen LogP) is 4.24. The Labute approximate surface area is 144 Å². The van der Waals surface area contributed by atoms with Crippen molar-refractivity contribution in [2.45, 2.75) is 12.2 Å². The number of nitrogens with one attached hydrogen (secondary N) is 1. The first-order valence-corrected chi connectivity index (χ1v) is 8.08. The van der Waals surface area contributed by atoms with Gasteiger partial charge < -0.3 is 14.8 Å². The van der Waals surface area contributed by atoms with Gasteiger partial charge in [0.15, 0.2) is 6.10 Å². The minimum Gasteiger partial charge on any atom is -0.481 e. The Morgan fingerprint density at radius 3 is 2.61 bits per heavy atom. The van der Waals surface area contributed by atoms with Crippen molar-refractivity contribution in [3.63, 3.8) is 0 Å². The molecule has 0 saturated carbocycles. The summed E-state index contributed by atoms with van der Waals surface area (Å²) in [6.07, 6.45) is -0.547. The lowest BCUT2D eigenvalue weighted by Crippen LogP contribution is -2.43. The van der Waals surface area contributed by atoms with Gasteiger partial charge in [-0.2, -0.15) is 0 Å². The molecule has 0 radical (unpaired) electrons. The van der Waals surface area contributed by atoms with E-state index in [1.807, 2.05) is 12.1 Å². The van der Waals surface area contributed by atoms with E-state index in [0.29, 0.717) is 23.9 Å². The van der Waals surface area contributed by atoms with Crippen molar-refractivity contribution in [3.8, 4) is 5.75 Å². The van der Waals surface area contributed by atoms with E-state index in [1.54, 1.807) is 12.1 Å². The maximum Gasteiger partial charge on any atom is 0.151 e. The Morgan fingerprint density at radius 2 is 1.96 bits per heavy atom. The van der Waals surface area contributed by atoms with Crippen molar-refractivity contribution in [2.24, 2.45) is 0 Å². The van der Waals surface area contributed by atoms with Crippen molar-refractivity contribution < 1.29 is 13.9 Å². The first kappa shape index (κ1) is 16.5. The molecule has 0 bridgehead atoms. The van der Waals surface area contributed by atoms with Crippen molar-refractivity contribution in [2.75, 3.05) is 19.7 Å². The van der Waals surface area contributed by atoms with Crippen LogP contribution in [-0.4, -0.2) is 25.8 Å². The predicted molar refractivity (Wildman–Crippen MR) is 88.8 cm³/mol. The highest BCUT2D eigenvalue weighted by atomic mass is 35.5. The molecule has 6 heteroatoms. The average molecular weight is 356 g/mol. The average Bonchev–Trinajstić information content (AvgIpc) is 2.56. The van der Waals surface area contributed by atoms with Gasteiger partial charge in [0, 0.05) is 18.1 Å². The molecule has 23 heavy (non-hydrogen) atoms. The minimum absolute atomic E-state index is 0.175. The van der Waals surface area contributed by atoms with E-state index in [9.17, 15) is 4.39 Å². The van der Waals surface area contributed by atoms with Gasteiger partial charge in [-0.1, -0.05) is 35.3 Å². The number of benzene rings is 2. The number of ether oxygens (including phenoxy) is 2. The largest absolute Gasteiger partial charge is 0.481 e. The summed E-state index contributed by atoms with van der Waals surface area (Å²) in [5.74, 6) is 0.0168. The summed E-state index contributed by atoms with van der Waals surface area (Å²) in [4.78, 5) is 0. The molecule has 1 fully saturated rings. The second kappa shape index (κ2) is 7.49. The summed E-state index contributed by atoms with van der Waals surface area (Å²) < 4.78 is 25.1. The maximum atomic E-state index is 13.2. The Kier molecular flexibility index (Phi) is 5.38. The summed E-state index contributed by atoms with van der Waals surface area (Å²) in [5, 5.41) is 4.16. The zero-order valence-electron chi connectivity index (χ0n) is 12.3. The fourth-order valence-corrected chi connectivity index (χ4v) is 2.84. The molecule has 2 aromatic rings. The van der Waals surface area contributed by atoms with Crippen LogP contribution in [0.25, 0.3) is 0 Å². The van der Waals surface area contributed by atoms with E-state index >= 15 is 0 Å². The van der Waals surface area contributed by atoms with Crippen molar-refractivity contribution >= 4 is 23.2 Å². The molecule has 1 heterocycles. The first-order valence-electron chi connectivity index (χ1n) is 7.33. The topological polar surface area (TPSA) is 30.5 Å². The van der Waals surface area contributed by atoms with Crippen LogP contribution < -0.4 is 10.1 Å². The standard InChI is InChI=1S/C17H16Cl2FNO2/c18-12-3-1-11(2-4-12)17(16-10-21-7-8-22-16)23-15-6-5-13(20)9-14(15)19/h1-6,9,16-17,21H,7-8,10H2/t16-,17?/m0/s1. The Bertz CT molecular complexity index is 660. The molecule has 0 spiro atoms. The summed E-state index contributed by atoms with van der Waals surface area (Å²) in [6.45, 7) is 2.07. The van der Waals surface area contributed by atoms with E-state index in [-0.39, 0.29) is 17.2 Å². The fraction of sp³-hybridized carbons (Fsp3) is 0.294. The molecule has 122 valence electrons. The maximum absolute atomic E-state index is 13.2. The van der Waals surface area contributed by atoms with Gasteiger partial charge in [0.05, 0.1) is 11.6 Å². The molecule has 2 atom stereocenters. The quantitative estimate of drug-likeness (QED) is 0.889. The van der Waals surface area contributed by atoms with Crippen molar-refractivity contribution in [3.05, 3.63) is 63.9 Å². The summed E-state index contributed by atoms with van der Waals surface area (Å²) >= 11 is 12.0. The van der Waals surface area contributed by atoms with Crippen LogP contribution in [0.5, 0.6) is 5.75 Å². The number of morpholine rings is 1. The van der Waals surface area contributed by atoms with Crippen LogP contribution in [0.15, 0.2) is 42.5 Å². The summed E-state index contributed by atoms with van der Waals surface area (Å²) in [6, 6.07) is 11.5. The smallest absolute Gasteiger partial charge is 0.151 e. The second-order valence-electron chi connectivity index (χ2n) is 5.28. The van der Waals surface area contributed by atoms with Gasteiger partial charge in [-0.25, -0.2) is 4.39 Å². The van der Waals surface area contributed by atoms with Gasteiger partial charge in [-0.05, 0) is 35.9 Å². The lowest BCUT2D eigenvalue weighted by Gasteiger charge is -2.32. The highest BCUT2D eigenvalue weighted by molar-refractivity contribution is 6.32. The molecular formula is C17H16Cl2FNO2. The van der Waals surface area contributed by atoms with E-state index in [4.69, 9.17) is 32.7 Å². The lowest BCUT2D eigenvalue weighted by atomic mass is 10.0. The van der Waals surface area contributed by atoms with Gasteiger partial charge in [-0.3, -0.25) is 0 Å². The third kappa shape index (κ3) is 4.15. The monoisotopic (exact) mass is 355 g/mol. The first-order chi connectivity index (χ1) is 11.1. The lowest BCUT2D eigenvalue weighted by molar-refractivity contribution is -0.0432. The fourth-order valence-electron chi connectivity index (χ4n) is 2.50. The van der Waals surface area contributed by atoms with Crippen LogP contribution in [0, 0.1) is 5.82 Å². The molecule has 1 unspecified atom stereocenters. The third-order valence-corrected chi connectivity index (χ3v) is 4.19. The molecule has 3 rings (SSSR count). The Balaban J connectivity index is 1.89. The minimum atomic E-state index is -0.402. The molecule has 0 aromatic heterocycles. The number of halogens is 3.